The maximum absolute atomic E-state index is 12.7. The van der Waals surface area contributed by atoms with Gasteiger partial charge in [0, 0.05) is 25.3 Å². The van der Waals surface area contributed by atoms with Crippen molar-refractivity contribution < 1.29 is 9.59 Å². The minimum atomic E-state index is -0.437. The standard InChI is InChI=1S/C20H21N3O2S/c1-2-7-23-19(25)16(18(24)21-20(23)26)12-13-10-14-5-3-8-22-9-4-6-15(11-13)17(14)22/h2,10-12H,1,3-9H2,(H,21,24,26)/b16-12-. The Labute approximate surface area is 158 Å². The van der Waals surface area contributed by atoms with Crippen molar-refractivity contribution in [3.05, 3.63) is 47.1 Å². The summed E-state index contributed by atoms with van der Waals surface area (Å²) in [6.45, 7) is 6.16. The fourth-order valence-electron chi connectivity index (χ4n) is 4.07. The Morgan fingerprint density at radius 3 is 2.42 bits per heavy atom. The molecule has 3 heterocycles. The Morgan fingerprint density at radius 2 is 1.81 bits per heavy atom. The second kappa shape index (κ2) is 6.68. The summed E-state index contributed by atoms with van der Waals surface area (Å²) in [6.07, 6.45) is 7.67. The van der Waals surface area contributed by atoms with Crippen molar-refractivity contribution in [2.45, 2.75) is 25.7 Å². The molecule has 0 atom stereocenters. The van der Waals surface area contributed by atoms with Crippen LogP contribution in [-0.4, -0.2) is 41.5 Å². The lowest BCUT2D eigenvalue weighted by molar-refractivity contribution is -0.128. The molecule has 2 amide bonds. The monoisotopic (exact) mass is 367 g/mol. The van der Waals surface area contributed by atoms with E-state index in [0.717, 1.165) is 44.3 Å². The van der Waals surface area contributed by atoms with E-state index >= 15 is 0 Å². The van der Waals surface area contributed by atoms with E-state index in [9.17, 15) is 9.59 Å². The molecule has 1 fully saturated rings. The molecule has 1 aromatic carbocycles. The molecule has 0 saturated carbocycles. The molecule has 3 aliphatic rings. The van der Waals surface area contributed by atoms with E-state index in [1.54, 1.807) is 12.2 Å². The van der Waals surface area contributed by atoms with E-state index in [1.807, 2.05) is 0 Å². The van der Waals surface area contributed by atoms with Crippen LogP contribution in [-0.2, 0) is 22.4 Å². The van der Waals surface area contributed by atoms with Crippen molar-refractivity contribution in [3.63, 3.8) is 0 Å². The zero-order valence-corrected chi connectivity index (χ0v) is 15.4. The van der Waals surface area contributed by atoms with Gasteiger partial charge in [-0.3, -0.25) is 19.8 Å². The van der Waals surface area contributed by atoms with E-state index in [4.69, 9.17) is 12.2 Å². The molecule has 0 spiro atoms. The normalized spacial score (nSPS) is 20.9. The van der Waals surface area contributed by atoms with Crippen LogP contribution in [0, 0.1) is 0 Å². The van der Waals surface area contributed by atoms with Crippen LogP contribution in [0.4, 0.5) is 5.69 Å². The van der Waals surface area contributed by atoms with Crippen molar-refractivity contribution in [2.75, 3.05) is 24.5 Å². The summed E-state index contributed by atoms with van der Waals surface area (Å²) in [5, 5.41) is 2.73. The fraction of sp³-hybridized carbons (Fsp3) is 0.350. The van der Waals surface area contributed by atoms with Crippen LogP contribution in [0.2, 0.25) is 0 Å². The van der Waals surface area contributed by atoms with Gasteiger partial charge in [0.2, 0.25) is 0 Å². The molecule has 1 saturated heterocycles. The summed E-state index contributed by atoms with van der Waals surface area (Å²) in [6, 6.07) is 4.24. The van der Waals surface area contributed by atoms with Crippen LogP contribution in [0.25, 0.3) is 6.08 Å². The molecule has 0 radical (unpaired) electrons. The first-order valence-corrected chi connectivity index (χ1v) is 9.40. The van der Waals surface area contributed by atoms with Crippen molar-refractivity contribution in [2.24, 2.45) is 0 Å². The topological polar surface area (TPSA) is 52.7 Å². The SMILES string of the molecule is C=CCN1C(=O)/C(=C\c2cc3c4c(c2)CCCN4CCC3)C(=O)NC1=S. The molecule has 4 rings (SSSR count). The van der Waals surface area contributed by atoms with Gasteiger partial charge in [-0.1, -0.05) is 6.08 Å². The second-order valence-electron chi connectivity index (χ2n) is 6.90. The van der Waals surface area contributed by atoms with E-state index < -0.39 is 5.91 Å². The number of carbonyl (C=O) groups excluding carboxylic acids is 2. The van der Waals surface area contributed by atoms with Crippen LogP contribution >= 0.6 is 12.2 Å². The fourth-order valence-corrected chi connectivity index (χ4v) is 4.32. The number of anilines is 1. The molecule has 3 aliphatic heterocycles. The highest BCUT2D eigenvalue weighted by atomic mass is 32.1. The smallest absolute Gasteiger partial charge is 0.265 e. The number of hydrogen-bond acceptors (Lipinski definition) is 4. The van der Waals surface area contributed by atoms with Crippen LogP contribution < -0.4 is 10.2 Å². The van der Waals surface area contributed by atoms with Gasteiger partial charge in [0.1, 0.15) is 5.57 Å². The van der Waals surface area contributed by atoms with Gasteiger partial charge in [0.25, 0.3) is 11.8 Å². The number of thiocarbonyl (C=S) groups is 1. The Kier molecular flexibility index (Phi) is 4.36. The summed E-state index contributed by atoms with van der Waals surface area (Å²) < 4.78 is 0. The quantitative estimate of drug-likeness (QED) is 0.385. The minimum Gasteiger partial charge on any atom is -0.371 e. The maximum atomic E-state index is 12.7. The first-order chi connectivity index (χ1) is 12.6. The molecule has 0 aliphatic carbocycles. The first kappa shape index (κ1) is 17.0. The van der Waals surface area contributed by atoms with Gasteiger partial charge in [0.15, 0.2) is 5.11 Å². The lowest BCUT2D eigenvalue weighted by Crippen LogP contribution is -2.53. The highest BCUT2D eigenvalue weighted by Crippen LogP contribution is 2.36. The molecule has 6 heteroatoms. The molecule has 134 valence electrons. The number of rotatable bonds is 3. The summed E-state index contributed by atoms with van der Waals surface area (Å²) in [7, 11) is 0. The van der Waals surface area contributed by atoms with Crippen molar-refractivity contribution in [1.82, 2.24) is 10.2 Å². The first-order valence-electron chi connectivity index (χ1n) is 8.99. The van der Waals surface area contributed by atoms with Crippen molar-refractivity contribution in [1.29, 1.82) is 0 Å². The Balaban J connectivity index is 1.74. The third-order valence-electron chi connectivity index (χ3n) is 5.16. The Hall–Kier alpha value is -2.47. The minimum absolute atomic E-state index is 0.121. The summed E-state index contributed by atoms with van der Waals surface area (Å²) in [4.78, 5) is 28.9. The number of hydrogen-bond donors (Lipinski definition) is 1. The van der Waals surface area contributed by atoms with Gasteiger partial charge in [-0.15, -0.1) is 6.58 Å². The molecule has 0 unspecified atom stereocenters. The highest BCUT2D eigenvalue weighted by molar-refractivity contribution is 7.80. The number of benzene rings is 1. The van der Waals surface area contributed by atoms with Gasteiger partial charge in [-0.05, 0) is 72.8 Å². The Bertz CT molecular complexity index is 828. The number of carbonyl (C=O) groups is 2. The molecule has 1 N–H and O–H groups in total. The van der Waals surface area contributed by atoms with Crippen molar-refractivity contribution in [3.8, 4) is 0 Å². The summed E-state index contributed by atoms with van der Waals surface area (Å²) in [5.41, 5.74) is 5.05. The molecular formula is C20H21N3O2S. The van der Waals surface area contributed by atoms with E-state index in [0.29, 0.717) is 0 Å². The van der Waals surface area contributed by atoms with Gasteiger partial charge >= 0.3 is 0 Å². The lowest BCUT2D eigenvalue weighted by atomic mass is 9.89. The number of nitrogens with zero attached hydrogens (tertiary/aromatic N) is 2. The highest BCUT2D eigenvalue weighted by Gasteiger charge is 2.33. The molecule has 5 nitrogen and oxygen atoms in total. The lowest BCUT2D eigenvalue weighted by Gasteiger charge is -2.37. The average Bonchev–Trinajstić information content (AvgIpc) is 2.63. The van der Waals surface area contributed by atoms with Crippen LogP contribution in [0.3, 0.4) is 0 Å². The number of nitrogens with one attached hydrogen (secondary N) is 1. The number of aryl methyl sites for hydroxylation is 2. The van der Waals surface area contributed by atoms with Crippen LogP contribution in [0.1, 0.15) is 29.5 Å². The zero-order chi connectivity index (χ0) is 18.3. The molecular weight excluding hydrogens is 346 g/mol. The van der Waals surface area contributed by atoms with E-state index in [-0.39, 0.29) is 23.1 Å². The second-order valence-corrected chi connectivity index (χ2v) is 7.29. The average molecular weight is 367 g/mol. The molecule has 0 bridgehead atoms. The van der Waals surface area contributed by atoms with Crippen molar-refractivity contribution >= 4 is 40.9 Å². The summed E-state index contributed by atoms with van der Waals surface area (Å²) in [5.74, 6) is -0.806. The Morgan fingerprint density at radius 1 is 1.15 bits per heavy atom. The number of amides is 2. The van der Waals surface area contributed by atoms with Gasteiger partial charge < -0.3 is 4.90 Å². The predicted molar refractivity (Wildman–Crippen MR) is 106 cm³/mol. The van der Waals surface area contributed by atoms with E-state index in [1.165, 1.54) is 21.7 Å². The van der Waals surface area contributed by atoms with E-state index in [2.05, 4.69) is 28.9 Å². The largest absolute Gasteiger partial charge is 0.371 e. The predicted octanol–water partition coefficient (Wildman–Crippen LogP) is 2.20. The van der Waals surface area contributed by atoms with Crippen LogP contribution in [0.15, 0.2) is 30.4 Å². The summed E-state index contributed by atoms with van der Waals surface area (Å²) >= 11 is 5.10. The van der Waals surface area contributed by atoms with Crippen LogP contribution in [0.5, 0.6) is 0 Å². The zero-order valence-electron chi connectivity index (χ0n) is 14.6. The third kappa shape index (κ3) is 2.84. The maximum Gasteiger partial charge on any atom is 0.265 e. The molecule has 1 aromatic rings. The molecule has 0 aromatic heterocycles. The van der Waals surface area contributed by atoms with Gasteiger partial charge in [0.05, 0.1) is 0 Å². The van der Waals surface area contributed by atoms with Gasteiger partial charge in [-0.2, -0.15) is 0 Å². The third-order valence-corrected chi connectivity index (χ3v) is 5.49. The molecule has 26 heavy (non-hydrogen) atoms. The van der Waals surface area contributed by atoms with Gasteiger partial charge in [-0.25, -0.2) is 0 Å².